The Hall–Kier alpha value is -4.37. The van der Waals surface area contributed by atoms with Crippen molar-refractivity contribution in [3.05, 3.63) is 79.0 Å². The molecule has 4 aromatic rings. The van der Waals surface area contributed by atoms with Crippen molar-refractivity contribution in [2.24, 2.45) is 12.0 Å². The second-order valence-electron chi connectivity index (χ2n) is 8.60. The van der Waals surface area contributed by atoms with E-state index in [1.165, 1.54) is 0 Å². The van der Waals surface area contributed by atoms with Crippen LogP contribution in [-0.2, 0) is 11.8 Å². The minimum absolute atomic E-state index is 0.441. The third-order valence-corrected chi connectivity index (χ3v) is 6.08. The number of ether oxygens (including phenoxy) is 1. The summed E-state index contributed by atoms with van der Waals surface area (Å²) >= 11 is 0. The van der Waals surface area contributed by atoms with Crippen LogP contribution in [0.5, 0.6) is 0 Å². The molecule has 1 aliphatic rings. The largest absolute Gasteiger partial charge is 0.444 e. The van der Waals surface area contributed by atoms with Gasteiger partial charge < -0.3 is 19.4 Å². The van der Waals surface area contributed by atoms with E-state index >= 15 is 0 Å². The molecular formula is C28H30N7O2+. The van der Waals surface area contributed by atoms with E-state index in [0.717, 1.165) is 28.2 Å². The summed E-state index contributed by atoms with van der Waals surface area (Å²) < 4.78 is 13.4. The zero-order chi connectivity index (χ0) is 25.6. The molecule has 9 heteroatoms. The lowest BCUT2D eigenvalue weighted by Gasteiger charge is -2.28. The molecule has 4 heterocycles. The fourth-order valence-corrected chi connectivity index (χ4v) is 4.21. The first kappa shape index (κ1) is 24.3. The van der Waals surface area contributed by atoms with Gasteiger partial charge in [-0.1, -0.05) is 24.3 Å². The third kappa shape index (κ3) is 5.41. The molecule has 0 radical (unpaired) electrons. The number of aliphatic imine (C=N–C) groups is 1. The number of morpholine rings is 1. The first-order valence-electron chi connectivity index (χ1n) is 12.2. The van der Waals surface area contributed by atoms with Crippen molar-refractivity contribution in [1.82, 2.24) is 15.0 Å². The Morgan fingerprint density at radius 2 is 1.95 bits per heavy atom. The molecule has 0 saturated carbocycles. The third-order valence-electron chi connectivity index (χ3n) is 6.08. The zero-order valence-corrected chi connectivity index (χ0v) is 21.3. The molecule has 0 unspecified atom stereocenters. The zero-order valence-electron chi connectivity index (χ0n) is 21.3. The number of rotatable bonds is 7. The summed E-state index contributed by atoms with van der Waals surface area (Å²) in [7, 11) is 3.78. The Bertz CT molecular complexity index is 1410. The van der Waals surface area contributed by atoms with Crippen molar-refractivity contribution in [1.29, 1.82) is 0 Å². The van der Waals surface area contributed by atoms with Gasteiger partial charge in [-0.2, -0.15) is 4.98 Å². The quantitative estimate of drug-likeness (QED) is 0.303. The van der Waals surface area contributed by atoms with Crippen molar-refractivity contribution >= 4 is 23.2 Å². The van der Waals surface area contributed by atoms with Gasteiger partial charge in [-0.05, 0) is 19.1 Å². The van der Waals surface area contributed by atoms with E-state index in [-0.39, 0.29) is 0 Å². The maximum absolute atomic E-state index is 5.80. The van der Waals surface area contributed by atoms with E-state index in [9.17, 15) is 0 Å². The van der Waals surface area contributed by atoms with Crippen molar-refractivity contribution < 1.29 is 13.7 Å². The van der Waals surface area contributed by atoms with Gasteiger partial charge in [0.2, 0.25) is 11.8 Å². The van der Waals surface area contributed by atoms with Gasteiger partial charge in [0.25, 0.3) is 0 Å². The van der Waals surface area contributed by atoms with Crippen LogP contribution in [0.2, 0.25) is 0 Å². The minimum Gasteiger partial charge on any atom is -0.444 e. The number of anilines is 3. The Labute approximate surface area is 216 Å². The lowest BCUT2D eigenvalue weighted by Crippen LogP contribution is -2.37. The highest BCUT2D eigenvalue weighted by Gasteiger charge is 2.25. The number of allylic oxidation sites excluding steroid dienone is 2. The molecule has 3 aromatic heterocycles. The van der Waals surface area contributed by atoms with Gasteiger partial charge in [0.1, 0.15) is 24.7 Å². The first-order chi connectivity index (χ1) is 18.2. The molecule has 0 amide bonds. The van der Waals surface area contributed by atoms with Gasteiger partial charge in [0, 0.05) is 43.4 Å². The topological polar surface area (TPSA) is 92.5 Å². The molecule has 0 aliphatic carbocycles. The lowest BCUT2D eigenvalue weighted by atomic mass is 10.0. The van der Waals surface area contributed by atoms with E-state index in [1.807, 2.05) is 73.4 Å². The number of hydrogen-bond acceptors (Lipinski definition) is 8. The smallest absolute Gasteiger partial charge is 0.231 e. The summed E-state index contributed by atoms with van der Waals surface area (Å²) in [6.07, 6.45) is 11.1. The van der Waals surface area contributed by atoms with Crippen LogP contribution in [0, 0.1) is 0 Å². The van der Waals surface area contributed by atoms with Crippen molar-refractivity contribution in [3.63, 3.8) is 0 Å². The predicted octanol–water partition coefficient (Wildman–Crippen LogP) is 4.20. The number of aryl methyl sites for hydroxylation is 1. The van der Waals surface area contributed by atoms with E-state index < -0.39 is 0 Å². The monoisotopic (exact) mass is 496 g/mol. The first-order valence-corrected chi connectivity index (χ1v) is 12.2. The molecule has 1 fully saturated rings. The molecule has 188 valence electrons. The molecule has 0 atom stereocenters. The Balaban J connectivity index is 1.72. The number of hydrogen-bond donors (Lipinski definition) is 1. The van der Waals surface area contributed by atoms with Crippen molar-refractivity contribution in [3.8, 4) is 22.7 Å². The molecule has 5 rings (SSSR count). The van der Waals surface area contributed by atoms with Crippen LogP contribution in [0.4, 0.5) is 17.5 Å². The summed E-state index contributed by atoms with van der Waals surface area (Å²) in [5.41, 5.74) is 5.10. The molecule has 1 aromatic carbocycles. The maximum atomic E-state index is 5.80. The van der Waals surface area contributed by atoms with Crippen molar-refractivity contribution in [2.75, 3.05) is 43.6 Å². The average Bonchev–Trinajstić information content (AvgIpc) is 3.48. The minimum atomic E-state index is 0.441. The van der Waals surface area contributed by atoms with Crippen LogP contribution in [0.3, 0.4) is 0 Å². The standard InChI is InChI=1S/C28H29N7O2/c1-4-6-23(29-2)20-7-5-8-21(19-20)25-24(27-30-11-16-37-27)26(31-22-9-12-34(3)13-10-22)33-28(32-25)35-14-17-36-18-15-35/h4-13,16,19H,14-15,17-18H2,1-3H3/p+1/b6-4-,29-23?. The lowest BCUT2D eigenvalue weighted by molar-refractivity contribution is -0.671. The van der Waals surface area contributed by atoms with E-state index in [0.29, 0.717) is 49.5 Å². The number of aromatic nitrogens is 4. The van der Waals surface area contributed by atoms with Crippen LogP contribution in [-0.4, -0.2) is 54.0 Å². The normalized spacial score (nSPS) is 14.4. The van der Waals surface area contributed by atoms with Crippen LogP contribution in [0.15, 0.2) is 82.8 Å². The van der Waals surface area contributed by atoms with Gasteiger partial charge in [0.05, 0.1) is 36.5 Å². The molecule has 0 spiro atoms. The molecule has 1 saturated heterocycles. The number of benzene rings is 1. The Morgan fingerprint density at radius 3 is 2.65 bits per heavy atom. The fourth-order valence-electron chi connectivity index (χ4n) is 4.21. The van der Waals surface area contributed by atoms with Gasteiger partial charge in [-0.15, -0.1) is 0 Å². The summed E-state index contributed by atoms with van der Waals surface area (Å²) in [5, 5.41) is 3.49. The van der Waals surface area contributed by atoms with Gasteiger partial charge >= 0.3 is 0 Å². The molecule has 1 aliphatic heterocycles. The summed E-state index contributed by atoms with van der Waals surface area (Å²) in [6, 6.07) is 12.2. The average molecular weight is 497 g/mol. The SMILES string of the molecule is C/C=C\C(=NC)c1cccc(-c2nc(N3CCOCC3)nc(Nc3cc[n+](C)cc3)c2-c2ncco2)c1. The molecule has 0 bridgehead atoms. The number of nitrogens with one attached hydrogen (secondary N) is 1. The highest BCUT2D eigenvalue weighted by atomic mass is 16.5. The number of oxazole rings is 1. The fraction of sp³-hybridized carbons (Fsp3) is 0.250. The van der Waals surface area contributed by atoms with Crippen LogP contribution >= 0.6 is 0 Å². The van der Waals surface area contributed by atoms with Gasteiger partial charge in [-0.25, -0.2) is 14.5 Å². The second kappa shape index (κ2) is 11.1. The van der Waals surface area contributed by atoms with E-state index in [4.69, 9.17) is 19.1 Å². The van der Waals surface area contributed by atoms with Gasteiger partial charge in [0.15, 0.2) is 12.4 Å². The van der Waals surface area contributed by atoms with E-state index in [2.05, 4.69) is 26.3 Å². The second-order valence-corrected chi connectivity index (χ2v) is 8.60. The summed E-state index contributed by atoms with van der Waals surface area (Å²) in [5.74, 6) is 1.68. The highest BCUT2D eigenvalue weighted by molar-refractivity contribution is 6.09. The molecular weight excluding hydrogens is 466 g/mol. The number of nitrogens with zero attached hydrogens (tertiary/aromatic N) is 6. The van der Waals surface area contributed by atoms with Crippen LogP contribution in [0.25, 0.3) is 22.7 Å². The molecule has 37 heavy (non-hydrogen) atoms. The van der Waals surface area contributed by atoms with Crippen molar-refractivity contribution in [2.45, 2.75) is 6.92 Å². The van der Waals surface area contributed by atoms with E-state index in [1.54, 1.807) is 19.5 Å². The molecule has 9 nitrogen and oxygen atoms in total. The number of pyridine rings is 1. The molecule has 1 N–H and O–H groups in total. The summed E-state index contributed by atoms with van der Waals surface area (Å²) in [6.45, 7) is 4.68. The van der Waals surface area contributed by atoms with Crippen LogP contribution < -0.4 is 14.8 Å². The highest BCUT2D eigenvalue weighted by Crippen LogP contribution is 2.38. The van der Waals surface area contributed by atoms with Gasteiger partial charge in [-0.3, -0.25) is 4.99 Å². The predicted molar refractivity (Wildman–Crippen MR) is 144 cm³/mol. The Kier molecular flexibility index (Phi) is 7.32. The maximum Gasteiger partial charge on any atom is 0.231 e. The van der Waals surface area contributed by atoms with Crippen LogP contribution in [0.1, 0.15) is 12.5 Å². The Morgan fingerprint density at radius 1 is 1.14 bits per heavy atom. The summed E-state index contributed by atoms with van der Waals surface area (Å²) in [4.78, 5) is 21.1.